The quantitative estimate of drug-likeness (QED) is 0.621. The van der Waals surface area contributed by atoms with Crippen molar-refractivity contribution in [2.75, 3.05) is 0 Å². The molecule has 0 saturated carbocycles. The first-order valence-corrected chi connectivity index (χ1v) is 4.62. The lowest BCUT2D eigenvalue weighted by molar-refractivity contribution is 1.02. The maximum atomic E-state index is 11.5. The Balaban J connectivity index is 3.02. The highest BCUT2D eigenvalue weighted by Gasteiger charge is 2.03. The highest BCUT2D eigenvalue weighted by Crippen LogP contribution is 2.10. The summed E-state index contributed by atoms with van der Waals surface area (Å²) in [5.74, 6) is 0. The molecule has 2 heterocycles. The van der Waals surface area contributed by atoms with Crippen LogP contribution in [-0.4, -0.2) is 9.38 Å². The first-order chi connectivity index (χ1) is 6.58. The summed E-state index contributed by atoms with van der Waals surface area (Å²) in [4.78, 5) is 15.6. The summed E-state index contributed by atoms with van der Waals surface area (Å²) in [6.07, 6.45) is 1.76. The average Bonchev–Trinajstić information content (AvgIpc) is 2.07. The van der Waals surface area contributed by atoms with Gasteiger partial charge in [-0.2, -0.15) is 0 Å². The number of pyridine rings is 1. The number of nitrogens with zero attached hydrogens (tertiary/aromatic N) is 2. The fourth-order valence-electron chi connectivity index (χ4n) is 1.51. The summed E-state index contributed by atoms with van der Waals surface area (Å²) in [5.41, 5.74) is 2.45. The fraction of sp³-hybridized carbons (Fsp3) is 0.200. The molecule has 0 spiro atoms. The molecule has 0 aliphatic rings. The van der Waals surface area contributed by atoms with E-state index in [2.05, 4.69) is 4.98 Å². The van der Waals surface area contributed by atoms with Crippen LogP contribution in [0.2, 0.25) is 5.15 Å². The standard InChI is InChI=1S/C10H9ClN2O/c1-6-3-7(2)10-12-8(11)4-9(14)13(10)5-6/h3-5H,1-2H3. The molecular weight excluding hydrogens is 200 g/mol. The van der Waals surface area contributed by atoms with Gasteiger partial charge in [-0.15, -0.1) is 0 Å². The highest BCUT2D eigenvalue weighted by molar-refractivity contribution is 6.29. The van der Waals surface area contributed by atoms with Gasteiger partial charge in [-0.05, 0) is 25.0 Å². The molecule has 0 aliphatic heterocycles. The van der Waals surface area contributed by atoms with Gasteiger partial charge in [0, 0.05) is 12.3 Å². The Morgan fingerprint density at radius 2 is 2.07 bits per heavy atom. The molecule has 0 N–H and O–H groups in total. The summed E-state index contributed by atoms with van der Waals surface area (Å²) in [6, 6.07) is 3.28. The Labute approximate surface area is 86.0 Å². The Kier molecular flexibility index (Phi) is 2.04. The van der Waals surface area contributed by atoms with Gasteiger partial charge in [0.15, 0.2) is 0 Å². The van der Waals surface area contributed by atoms with Gasteiger partial charge >= 0.3 is 0 Å². The maximum absolute atomic E-state index is 11.5. The molecule has 3 nitrogen and oxygen atoms in total. The van der Waals surface area contributed by atoms with Crippen molar-refractivity contribution < 1.29 is 0 Å². The van der Waals surface area contributed by atoms with Gasteiger partial charge in [0.25, 0.3) is 5.56 Å². The zero-order valence-electron chi connectivity index (χ0n) is 7.91. The molecule has 14 heavy (non-hydrogen) atoms. The monoisotopic (exact) mass is 208 g/mol. The second kappa shape index (κ2) is 3.10. The van der Waals surface area contributed by atoms with Crippen LogP contribution in [0.3, 0.4) is 0 Å². The summed E-state index contributed by atoms with van der Waals surface area (Å²) >= 11 is 5.71. The van der Waals surface area contributed by atoms with Gasteiger partial charge < -0.3 is 0 Å². The highest BCUT2D eigenvalue weighted by atomic mass is 35.5. The molecule has 0 aromatic carbocycles. The molecule has 72 valence electrons. The van der Waals surface area contributed by atoms with Crippen LogP contribution in [0.4, 0.5) is 0 Å². The van der Waals surface area contributed by atoms with Crippen LogP contribution in [0.1, 0.15) is 11.1 Å². The third kappa shape index (κ3) is 1.40. The number of hydrogen-bond donors (Lipinski definition) is 0. The molecule has 0 fully saturated rings. The largest absolute Gasteiger partial charge is 0.269 e. The van der Waals surface area contributed by atoms with Gasteiger partial charge in [0.2, 0.25) is 0 Å². The molecule has 0 unspecified atom stereocenters. The molecule has 0 radical (unpaired) electrons. The predicted octanol–water partition coefficient (Wildman–Crippen LogP) is 1.96. The van der Waals surface area contributed by atoms with E-state index in [1.807, 2.05) is 19.9 Å². The smallest absolute Gasteiger partial charge is 0.259 e. The van der Waals surface area contributed by atoms with Gasteiger partial charge in [-0.1, -0.05) is 17.7 Å². The second-order valence-corrected chi connectivity index (χ2v) is 3.70. The Morgan fingerprint density at radius 1 is 1.36 bits per heavy atom. The fourth-order valence-corrected chi connectivity index (χ4v) is 1.69. The van der Waals surface area contributed by atoms with Crippen LogP contribution < -0.4 is 5.56 Å². The van der Waals surface area contributed by atoms with Crippen LogP contribution in [0, 0.1) is 13.8 Å². The first kappa shape index (κ1) is 9.21. The van der Waals surface area contributed by atoms with Crippen molar-refractivity contribution in [3.63, 3.8) is 0 Å². The number of fused-ring (bicyclic) bond motifs is 1. The van der Waals surface area contributed by atoms with Gasteiger partial charge in [-0.3, -0.25) is 9.20 Å². The normalized spacial score (nSPS) is 10.8. The molecule has 0 amide bonds. The van der Waals surface area contributed by atoms with E-state index in [9.17, 15) is 4.79 Å². The summed E-state index contributed by atoms with van der Waals surface area (Å²) in [7, 11) is 0. The van der Waals surface area contributed by atoms with Crippen LogP contribution in [-0.2, 0) is 0 Å². The molecule has 2 rings (SSSR count). The molecule has 2 aromatic rings. The van der Waals surface area contributed by atoms with Gasteiger partial charge in [-0.25, -0.2) is 4.98 Å². The summed E-state index contributed by atoms with van der Waals surface area (Å²) in [6.45, 7) is 3.85. The lowest BCUT2D eigenvalue weighted by atomic mass is 10.2. The first-order valence-electron chi connectivity index (χ1n) is 4.24. The number of halogens is 1. The minimum atomic E-state index is -0.146. The van der Waals surface area contributed by atoms with Gasteiger partial charge in [0.1, 0.15) is 10.8 Å². The van der Waals surface area contributed by atoms with Crippen molar-refractivity contribution in [3.8, 4) is 0 Å². The topological polar surface area (TPSA) is 34.4 Å². The predicted molar refractivity (Wildman–Crippen MR) is 55.9 cm³/mol. The van der Waals surface area contributed by atoms with E-state index in [0.29, 0.717) is 5.65 Å². The Morgan fingerprint density at radius 3 is 2.79 bits per heavy atom. The Bertz CT molecular complexity index is 560. The molecule has 2 aromatic heterocycles. The number of aryl methyl sites for hydroxylation is 2. The summed E-state index contributed by atoms with van der Waals surface area (Å²) < 4.78 is 1.51. The number of rotatable bonds is 0. The maximum Gasteiger partial charge on any atom is 0.259 e. The molecular formula is C10H9ClN2O. The van der Waals surface area contributed by atoms with E-state index in [4.69, 9.17) is 11.6 Å². The Hall–Kier alpha value is -1.35. The summed E-state index contributed by atoms with van der Waals surface area (Å²) in [5, 5.41) is 0.238. The molecule has 0 atom stereocenters. The third-order valence-electron chi connectivity index (χ3n) is 2.05. The zero-order valence-corrected chi connectivity index (χ0v) is 8.67. The van der Waals surface area contributed by atoms with E-state index in [0.717, 1.165) is 11.1 Å². The van der Waals surface area contributed by atoms with Crippen molar-refractivity contribution in [2.45, 2.75) is 13.8 Å². The van der Waals surface area contributed by atoms with Crippen molar-refractivity contribution in [3.05, 3.63) is 45.0 Å². The molecule has 0 saturated heterocycles. The van der Waals surface area contributed by atoms with Crippen LogP contribution >= 0.6 is 11.6 Å². The van der Waals surface area contributed by atoms with Crippen molar-refractivity contribution in [2.24, 2.45) is 0 Å². The molecule has 0 bridgehead atoms. The number of aromatic nitrogens is 2. The third-order valence-corrected chi connectivity index (χ3v) is 2.24. The van der Waals surface area contributed by atoms with Crippen molar-refractivity contribution >= 4 is 17.2 Å². The van der Waals surface area contributed by atoms with E-state index < -0.39 is 0 Å². The van der Waals surface area contributed by atoms with Gasteiger partial charge in [0.05, 0.1) is 0 Å². The molecule has 4 heteroatoms. The van der Waals surface area contributed by atoms with Crippen LogP contribution in [0.5, 0.6) is 0 Å². The van der Waals surface area contributed by atoms with Crippen molar-refractivity contribution in [1.29, 1.82) is 0 Å². The van der Waals surface area contributed by atoms with Crippen LogP contribution in [0.25, 0.3) is 5.65 Å². The van der Waals surface area contributed by atoms with E-state index >= 15 is 0 Å². The number of hydrogen-bond acceptors (Lipinski definition) is 2. The van der Waals surface area contributed by atoms with Crippen molar-refractivity contribution in [1.82, 2.24) is 9.38 Å². The lowest BCUT2D eigenvalue weighted by Gasteiger charge is -2.04. The lowest BCUT2D eigenvalue weighted by Crippen LogP contribution is -2.14. The SMILES string of the molecule is Cc1cc(C)c2nc(Cl)cc(=O)n2c1. The van der Waals surface area contributed by atoms with E-state index in [-0.39, 0.29) is 10.7 Å². The van der Waals surface area contributed by atoms with E-state index in [1.54, 1.807) is 6.20 Å². The minimum absolute atomic E-state index is 0.146. The van der Waals surface area contributed by atoms with E-state index in [1.165, 1.54) is 10.5 Å². The second-order valence-electron chi connectivity index (χ2n) is 3.31. The van der Waals surface area contributed by atoms with Crippen LogP contribution in [0.15, 0.2) is 23.1 Å². The molecule has 0 aliphatic carbocycles. The zero-order chi connectivity index (χ0) is 10.3. The minimum Gasteiger partial charge on any atom is -0.269 e. The average molecular weight is 209 g/mol.